The van der Waals surface area contributed by atoms with Crippen LogP contribution in [0.4, 0.5) is 4.79 Å². The van der Waals surface area contributed by atoms with E-state index < -0.39 is 11.4 Å². The van der Waals surface area contributed by atoms with Crippen molar-refractivity contribution in [2.75, 3.05) is 19.6 Å². The van der Waals surface area contributed by atoms with Gasteiger partial charge in [0.15, 0.2) is 0 Å². The summed E-state index contributed by atoms with van der Waals surface area (Å²) in [5.41, 5.74) is -0.625. The Kier molecular flexibility index (Phi) is 5.44. The Bertz CT molecular complexity index is 297. The van der Waals surface area contributed by atoms with Crippen LogP contribution in [0.3, 0.4) is 0 Å². The number of aliphatic carboxylic acids is 1. The van der Waals surface area contributed by atoms with Crippen LogP contribution in [-0.2, 0) is 4.79 Å². The number of nitrogens with one attached hydrogen (secondary N) is 1. The van der Waals surface area contributed by atoms with Crippen LogP contribution in [0.2, 0.25) is 0 Å². The van der Waals surface area contributed by atoms with Crippen LogP contribution in [-0.4, -0.2) is 41.6 Å². The molecule has 1 aliphatic rings. The number of nitrogens with zero attached hydrogens (tertiary/aromatic N) is 1. The quantitative estimate of drug-likeness (QED) is 0.740. The third-order valence-electron chi connectivity index (χ3n) is 3.94. The summed E-state index contributed by atoms with van der Waals surface area (Å²) in [5.74, 6) is -0.726. The Labute approximate surface area is 109 Å². The Balaban J connectivity index is 2.43. The van der Waals surface area contributed by atoms with Crippen LogP contribution in [0.1, 0.15) is 46.0 Å². The molecule has 1 saturated heterocycles. The van der Waals surface area contributed by atoms with E-state index in [0.29, 0.717) is 38.9 Å². The maximum absolute atomic E-state index is 11.8. The minimum Gasteiger partial charge on any atom is -0.481 e. The molecule has 1 fully saturated rings. The molecule has 0 bridgehead atoms. The summed E-state index contributed by atoms with van der Waals surface area (Å²) < 4.78 is 0. The molecular weight excluding hydrogens is 232 g/mol. The van der Waals surface area contributed by atoms with Crippen molar-refractivity contribution in [3.63, 3.8) is 0 Å². The number of carbonyl (C=O) groups excluding carboxylic acids is 1. The fourth-order valence-electron chi connectivity index (χ4n) is 2.34. The van der Waals surface area contributed by atoms with Crippen LogP contribution in [0.15, 0.2) is 0 Å². The zero-order chi connectivity index (χ0) is 13.6. The average molecular weight is 256 g/mol. The largest absolute Gasteiger partial charge is 0.481 e. The van der Waals surface area contributed by atoms with E-state index >= 15 is 0 Å². The third kappa shape index (κ3) is 3.37. The lowest BCUT2D eigenvalue weighted by Crippen LogP contribution is -2.49. The molecule has 0 radical (unpaired) electrons. The SMILES string of the molecule is CCCCNC(=O)N1CCC(CC)(C(=O)O)CC1. The van der Waals surface area contributed by atoms with Gasteiger partial charge in [0, 0.05) is 19.6 Å². The molecule has 0 aromatic heterocycles. The van der Waals surface area contributed by atoms with E-state index in [4.69, 9.17) is 0 Å². The van der Waals surface area contributed by atoms with Crippen molar-refractivity contribution in [1.82, 2.24) is 10.2 Å². The molecule has 2 amide bonds. The highest BCUT2D eigenvalue weighted by Crippen LogP contribution is 2.35. The van der Waals surface area contributed by atoms with Gasteiger partial charge in [0.05, 0.1) is 5.41 Å². The molecule has 5 heteroatoms. The van der Waals surface area contributed by atoms with Gasteiger partial charge in [-0.2, -0.15) is 0 Å². The number of piperidine rings is 1. The van der Waals surface area contributed by atoms with E-state index in [2.05, 4.69) is 12.2 Å². The maximum atomic E-state index is 11.8. The Morgan fingerprint density at radius 3 is 2.33 bits per heavy atom. The zero-order valence-corrected chi connectivity index (χ0v) is 11.4. The molecule has 1 rings (SSSR count). The number of carboxylic acid groups (broad SMARTS) is 1. The first-order valence-corrected chi connectivity index (χ1v) is 6.82. The fraction of sp³-hybridized carbons (Fsp3) is 0.846. The predicted molar refractivity (Wildman–Crippen MR) is 69.5 cm³/mol. The van der Waals surface area contributed by atoms with Gasteiger partial charge in [-0.15, -0.1) is 0 Å². The number of amides is 2. The lowest BCUT2D eigenvalue weighted by molar-refractivity contribution is -0.151. The molecule has 2 N–H and O–H groups in total. The van der Waals surface area contributed by atoms with Crippen molar-refractivity contribution in [3.8, 4) is 0 Å². The summed E-state index contributed by atoms with van der Waals surface area (Å²) in [6.07, 6.45) is 3.78. The highest BCUT2D eigenvalue weighted by Gasteiger charge is 2.40. The van der Waals surface area contributed by atoms with Gasteiger partial charge in [0.25, 0.3) is 0 Å². The Hall–Kier alpha value is -1.26. The summed E-state index contributed by atoms with van der Waals surface area (Å²) in [6, 6.07) is -0.0569. The minimum atomic E-state index is -0.726. The van der Waals surface area contributed by atoms with E-state index in [0.717, 1.165) is 12.8 Å². The number of hydrogen-bond donors (Lipinski definition) is 2. The van der Waals surface area contributed by atoms with Crippen LogP contribution in [0.25, 0.3) is 0 Å². The lowest BCUT2D eigenvalue weighted by atomic mass is 9.76. The first-order valence-electron chi connectivity index (χ1n) is 6.82. The van der Waals surface area contributed by atoms with Gasteiger partial charge in [-0.3, -0.25) is 4.79 Å². The standard InChI is InChI=1S/C13H24N2O3/c1-3-5-8-14-12(18)15-9-6-13(4-2,7-10-15)11(16)17/h3-10H2,1-2H3,(H,14,18)(H,16,17). The number of unbranched alkanes of at least 4 members (excludes halogenated alkanes) is 1. The molecule has 0 aromatic carbocycles. The van der Waals surface area contributed by atoms with Crippen molar-refractivity contribution in [2.24, 2.45) is 5.41 Å². The number of urea groups is 1. The first kappa shape index (κ1) is 14.8. The highest BCUT2D eigenvalue weighted by atomic mass is 16.4. The molecule has 0 aliphatic carbocycles. The topological polar surface area (TPSA) is 69.6 Å². The lowest BCUT2D eigenvalue weighted by Gasteiger charge is -2.38. The molecule has 0 saturated carbocycles. The summed E-state index contributed by atoms with van der Waals surface area (Å²) in [7, 11) is 0. The maximum Gasteiger partial charge on any atom is 0.317 e. The van der Waals surface area contributed by atoms with E-state index in [9.17, 15) is 14.7 Å². The fourth-order valence-corrected chi connectivity index (χ4v) is 2.34. The number of carbonyl (C=O) groups is 2. The van der Waals surface area contributed by atoms with Crippen molar-refractivity contribution in [3.05, 3.63) is 0 Å². The van der Waals surface area contributed by atoms with Crippen LogP contribution in [0, 0.1) is 5.41 Å². The molecule has 0 spiro atoms. The highest BCUT2D eigenvalue weighted by molar-refractivity contribution is 5.77. The van der Waals surface area contributed by atoms with Crippen LogP contribution >= 0.6 is 0 Å². The second-order valence-corrected chi connectivity index (χ2v) is 5.01. The summed E-state index contributed by atoms with van der Waals surface area (Å²) >= 11 is 0. The Morgan fingerprint density at radius 2 is 1.89 bits per heavy atom. The monoisotopic (exact) mass is 256 g/mol. The number of rotatable bonds is 5. The first-order chi connectivity index (χ1) is 8.55. The molecule has 1 heterocycles. The van der Waals surface area contributed by atoms with Crippen molar-refractivity contribution >= 4 is 12.0 Å². The summed E-state index contributed by atoms with van der Waals surface area (Å²) in [4.78, 5) is 24.8. The van der Waals surface area contributed by atoms with Crippen molar-refractivity contribution in [2.45, 2.75) is 46.0 Å². The van der Waals surface area contributed by atoms with Crippen molar-refractivity contribution < 1.29 is 14.7 Å². The molecule has 18 heavy (non-hydrogen) atoms. The second kappa shape index (κ2) is 6.61. The zero-order valence-electron chi connectivity index (χ0n) is 11.4. The number of likely N-dealkylation sites (tertiary alicyclic amines) is 1. The molecule has 104 valence electrons. The number of carboxylic acids is 1. The molecule has 1 aliphatic heterocycles. The predicted octanol–water partition coefficient (Wildman–Crippen LogP) is 2.07. The van der Waals surface area contributed by atoms with Crippen LogP contribution in [0.5, 0.6) is 0 Å². The minimum absolute atomic E-state index is 0.0569. The second-order valence-electron chi connectivity index (χ2n) is 5.01. The van der Waals surface area contributed by atoms with Gasteiger partial charge in [-0.1, -0.05) is 20.3 Å². The average Bonchev–Trinajstić information content (AvgIpc) is 2.38. The molecular formula is C13H24N2O3. The van der Waals surface area contributed by atoms with Crippen LogP contribution < -0.4 is 5.32 Å². The normalized spacial score (nSPS) is 18.4. The molecule has 0 aromatic rings. The van der Waals surface area contributed by atoms with E-state index in [1.54, 1.807) is 4.90 Å². The van der Waals surface area contributed by atoms with E-state index in [-0.39, 0.29) is 6.03 Å². The van der Waals surface area contributed by atoms with Gasteiger partial charge in [-0.05, 0) is 25.7 Å². The van der Waals surface area contributed by atoms with Gasteiger partial charge in [0.1, 0.15) is 0 Å². The summed E-state index contributed by atoms with van der Waals surface area (Å²) in [5, 5.41) is 12.1. The molecule has 0 atom stereocenters. The van der Waals surface area contributed by atoms with Gasteiger partial charge < -0.3 is 15.3 Å². The summed E-state index contributed by atoms with van der Waals surface area (Å²) in [6.45, 7) is 5.76. The van der Waals surface area contributed by atoms with Gasteiger partial charge in [0.2, 0.25) is 0 Å². The third-order valence-corrected chi connectivity index (χ3v) is 3.94. The van der Waals surface area contributed by atoms with Crippen molar-refractivity contribution in [1.29, 1.82) is 0 Å². The van der Waals surface area contributed by atoms with Gasteiger partial charge >= 0.3 is 12.0 Å². The van der Waals surface area contributed by atoms with E-state index in [1.165, 1.54) is 0 Å². The smallest absolute Gasteiger partial charge is 0.317 e. The Morgan fingerprint density at radius 1 is 1.28 bits per heavy atom. The number of hydrogen-bond acceptors (Lipinski definition) is 2. The molecule has 0 unspecified atom stereocenters. The molecule has 5 nitrogen and oxygen atoms in total. The van der Waals surface area contributed by atoms with Gasteiger partial charge in [-0.25, -0.2) is 4.79 Å². The van der Waals surface area contributed by atoms with E-state index in [1.807, 2.05) is 6.92 Å².